The molecule has 1 aromatic carbocycles. The van der Waals surface area contributed by atoms with Gasteiger partial charge in [-0.3, -0.25) is 14.3 Å². The first-order valence-corrected chi connectivity index (χ1v) is 9.28. The molecule has 2 amide bonds. The highest BCUT2D eigenvalue weighted by Crippen LogP contribution is 2.22. The molecule has 0 unspecified atom stereocenters. The van der Waals surface area contributed by atoms with Crippen LogP contribution >= 0.6 is 0 Å². The van der Waals surface area contributed by atoms with E-state index in [-0.39, 0.29) is 11.6 Å². The number of aryl methyl sites for hydroxylation is 1. The number of carbonyl (C=O) groups excluding carboxylic acids is 2. The Hall–Kier alpha value is -3.42. The number of piperidine rings is 1. The molecule has 0 spiro atoms. The lowest BCUT2D eigenvalue weighted by atomic mass is 10.1. The molecule has 3 heterocycles. The quantitative estimate of drug-likeness (QED) is 0.752. The number of hydrogen-bond acceptors (Lipinski definition) is 5. The lowest BCUT2D eigenvalue weighted by Gasteiger charge is -2.26. The number of carbonyl (C=O) groups is 2. The average Bonchev–Trinajstić information content (AvgIpc) is 3.36. The second-order valence-electron chi connectivity index (χ2n) is 6.78. The first kappa shape index (κ1) is 18.0. The van der Waals surface area contributed by atoms with E-state index in [9.17, 15) is 9.59 Å². The number of anilines is 1. The normalized spacial score (nSPS) is 14.1. The van der Waals surface area contributed by atoms with Crippen LogP contribution < -0.4 is 5.32 Å². The molecule has 8 heteroatoms. The van der Waals surface area contributed by atoms with Crippen molar-refractivity contribution >= 4 is 17.5 Å². The molecule has 0 radical (unpaired) electrons. The van der Waals surface area contributed by atoms with Crippen LogP contribution in [0.3, 0.4) is 0 Å². The molecule has 1 aliphatic rings. The monoisotopic (exact) mass is 379 g/mol. The van der Waals surface area contributed by atoms with Gasteiger partial charge in [0.05, 0.1) is 11.9 Å². The van der Waals surface area contributed by atoms with Gasteiger partial charge in [0.2, 0.25) is 0 Å². The fourth-order valence-electron chi connectivity index (χ4n) is 3.34. The van der Waals surface area contributed by atoms with Crippen molar-refractivity contribution in [2.45, 2.75) is 19.3 Å². The molecule has 0 bridgehead atoms. The summed E-state index contributed by atoms with van der Waals surface area (Å²) in [5.41, 5.74) is 1.70. The number of hydrogen-bond donors (Lipinski definition) is 1. The predicted octanol–water partition coefficient (Wildman–Crippen LogP) is 2.95. The van der Waals surface area contributed by atoms with Crippen LogP contribution in [0.15, 0.2) is 47.1 Å². The SMILES string of the molecule is Cn1ncc(NC(=O)c2cc(-c3ccccc3)on2)c1C(=O)N1CCCCC1. The number of nitrogens with one attached hydrogen (secondary N) is 1. The smallest absolute Gasteiger partial charge is 0.277 e. The van der Waals surface area contributed by atoms with E-state index in [0.717, 1.165) is 37.9 Å². The molecule has 4 rings (SSSR count). The van der Waals surface area contributed by atoms with Gasteiger partial charge in [-0.15, -0.1) is 0 Å². The highest BCUT2D eigenvalue weighted by molar-refractivity contribution is 6.07. The van der Waals surface area contributed by atoms with Gasteiger partial charge in [-0.05, 0) is 19.3 Å². The number of nitrogens with zero attached hydrogens (tertiary/aromatic N) is 4. The van der Waals surface area contributed by atoms with Crippen molar-refractivity contribution in [1.82, 2.24) is 19.8 Å². The minimum absolute atomic E-state index is 0.125. The predicted molar refractivity (Wildman–Crippen MR) is 103 cm³/mol. The summed E-state index contributed by atoms with van der Waals surface area (Å²) in [5.74, 6) is -0.0756. The van der Waals surface area contributed by atoms with Crippen molar-refractivity contribution in [3.05, 3.63) is 54.0 Å². The second kappa shape index (κ2) is 7.67. The lowest BCUT2D eigenvalue weighted by Crippen LogP contribution is -2.37. The van der Waals surface area contributed by atoms with Crippen molar-refractivity contribution in [1.29, 1.82) is 0 Å². The topological polar surface area (TPSA) is 93.3 Å². The van der Waals surface area contributed by atoms with Crippen molar-refractivity contribution in [3.8, 4) is 11.3 Å². The molecule has 28 heavy (non-hydrogen) atoms. The minimum atomic E-state index is -0.452. The van der Waals surface area contributed by atoms with Crippen molar-refractivity contribution < 1.29 is 14.1 Å². The van der Waals surface area contributed by atoms with E-state index in [2.05, 4.69) is 15.6 Å². The molecule has 3 aromatic rings. The van der Waals surface area contributed by atoms with E-state index in [1.54, 1.807) is 18.0 Å². The van der Waals surface area contributed by atoms with Crippen LogP contribution in [0.2, 0.25) is 0 Å². The second-order valence-corrected chi connectivity index (χ2v) is 6.78. The van der Waals surface area contributed by atoms with Crippen molar-refractivity contribution in [2.75, 3.05) is 18.4 Å². The first-order valence-electron chi connectivity index (χ1n) is 9.28. The number of aromatic nitrogens is 3. The van der Waals surface area contributed by atoms with Crippen molar-refractivity contribution in [2.24, 2.45) is 7.05 Å². The zero-order valence-corrected chi connectivity index (χ0v) is 15.6. The maximum atomic E-state index is 12.9. The highest BCUT2D eigenvalue weighted by Gasteiger charge is 2.26. The van der Waals surface area contributed by atoms with Crippen LogP contribution in [0, 0.1) is 0 Å². The molecule has 0 saturated carbocycles. The summed E-state index contributed by atoms with van der Waals surface area (Å²) in [7, 11) is 1.69. The Morgan fingerprint density at radius 3 is 2.61 bits per heavy atom. The van der Waals surface area contributed by atoms with Crippen LogP contribution in [0.4, 0.5) is 5.69 Å². The van der Waals surface area contributed by atoms with Crippen LogP contribution in [-0.4, -0.2) is 44.7 Å². The molecule has 8 nitrogen and oxygen atoms in total. The van der Waals surface area contributed by atoms with Gasteiger partial charge in [-0.1, -0.05) is 35.5 Å². The fourth-order valence-corrected chi connectivity index (χ4v) is 3.34. The van der Waals surface area contributed by atoms with Crippen LogP contribution in [0.25, 0.3) is 11.3 Å². The van der Waals surface area contributed by atoms with Gasteiger partial charge in [0.1, 0.15) is 5.69 Å². The third-order valence-corrected chi connectivity index (χ3v) is 4.83. The van der Waals surface area contributed by atoms with E-state index in [4.69, 9.17) is 4.52 Å². The maximum Gasteiger partial charge on any atom is 0.277 e. The maximum absolute atomic E-state index is 12.9. The zero-order chi connectivity index (χ0) is 19.5. The largest absolute Gasteiger partial charge is 0.355 e. The number of rotatable bonds is 4. The summed E-state index contributed by atoms with van der Waals surface area (Å²) in [5, 5.41) is 10.7. The van der Waals surface area contributed by atoms with Gasteiger partial charge in [0, 0.05) is 31.8 Å². The zero-order valence-electron chi connectivity index (χ0n) is 15.6. The first-order chi connectivity index (χ1) is 13.6. The van der Waals surface area contributed by atoms with E-state index in [1.165, 1.54) is 10.9 Å². The highest BCUT2D eigenvalue weighted by atomic mass is 16.5. The third kappa shape index (κ3) is 3.53. The molecule has 1 saturated heterocycles. The van der Waals surface area contributed by atoms with E-state index >= 15 is 0 Å². The van der Waals surface area contributed by atoms with Crippen LogP contribution in [0.5, 0.6) is 0 Å². The van der Waals surface area contributed by atoms with Gasteiger partial charge in [-0.25, -0.2) is 0 Å². The summed E-state index contributed by atoms with van der Waals surface area (Å²) in [4.78, 5) is 27.3. The molecule has 144 valence electrons. The van der Waals surface area contributed by atoms with Gasteiger partial charge in [-0.2, -0.15) is 5.10 Å². The van der Waals surface area contributed by atoms with Gasteiger partial charge in [0.15, 0.2) is 11.5 Å². The molecule has 2 aromatic heterocycles. The Balaban J connectivity index is 1.53. The van der Waals surface area contributed by atoms with Crippen LogP contribution in [-0.2, 0) is 7.05 Å². The molecule has 1 fully saturated rings. The fraction of sp³-hybridized carbons (Fsp3) is 0.300. The average molecular weight is 379 g/mol. The summed E-state index contributed by atoms with van der Waals surface area (Å²) in [6, 6.07) is 11.0. The van der Waals surface area contributed by atoms with Gasteiger partial charge >= 0.3 is 0 Å². The molecule has 1 N–H and O–H groups in total. The van der Waals surface area contributed by atoms with Gasteiger partial charge < -0.3 is 14.7 Å². The Morgan fingerprint density at radius 2 is 1.86 bits per heavy atom. The van der Waals surface area contributed by atoms with E-state index < -0.39 is 5.91 Å². The summed E-state index contributed by atoms with van der Waals surface area (Å²) in [6.45, 7) is 1.45. The molecular formula is C20H21N5O3. The Morgan fingerprint density at radius 1 is 1.11 bits per heavy atom. The third-order valence-electron chi connectivity index (χ3n) is 4.83. The Kier molecular flexibility index (Phi) is 4.92. The van der Waals surface area contributed by atoms with Gasteiger partial charge in [0.25, 0.3) is 11.8 Å². The molecule has 1 aliphatic heterocycles. The molecule has 0 aliphatic carbocycles. The van der Waals surface area contributed by atoms with E-state index in [0.29, 0.717) is 17.1 Å². The Labute approximate surface area is 162 Å². The van der Waals surface area contributed by atoms with Crippen molar-refractivity contribution in [3.63, 3.8) is 0 Å². The molecule has 0 atom stereocenters. The van der Waals surface area contributed by atoms with E-state index in [1.807, 2.05) is 30.3 Å². The summed E-state index contributed by atoms with van der Waals surface area (Å²) in [6.07, 6.45) is 4.60. The standard InChI is InChI=1S/C20H21N5O3/c1-24-18(20(27)25-10-6-3-7-11-25)16(13-21-24)22-19(26)15-12-17(28-23-15)14-8-4-2-5-9-14/h2,4-5,8-9,12-13H,3,6-7,10-11H2,1H3,(H,22,26). The van der Waals surface area contributed by atoms with Crippen LogP contribution in [0.1, 0.15) is 40.2 Å². The summed E-state index contributed by atoms with van der Waals surface area (Å²) >= 11 is 0. The minimum Gasteiger partial charge on any atom is -0.355 e. The lowest BCUT2D eigenvalue weighted by molar-refractivity contribution is 0.0714. The number of amides is 2. The Bertz CT molecular complexity index is 986. The summed E-state index contributed by atoms with van der Waals surface area (Å²) < 4.78 is 6.77. The molecular weight excluding hydrogens is 358 g/mol. The number of likely N-dealkylation sites (tertiary alicyclic amines) is 1. The number of benzene rings is 1.